The number of rotatable bonds is 8. The zero-order valence-corrected chi connectivity index (χ0v) is 22.1. The summed E-state index contributed by atoms with van der Waals surface area (Å²) in [5.41, 5.74) is 4.09. The van der Waals surface area contributed by atoms with Crippen LogP contribution in [0.5, 0.6) is 0 Å². The van der Waals surface area contributed by atoms with Gasteiger partial charge in [-0.25, -0.2) is 0 Å². The first-order chi connectivity index (χ1) is 19.2. The van der Waals surface area contributed by atoms with Gasteiger partial charge in [0.1, 0.15) is 5.52 Å². The number of ether oxygens (including phenoxy) is 1. The van der Waals surface area contributed by atoms with Crippen molar-refractivity contribution in [3.63, 3.8) is 0 Å². The van der Waals surface area contributed by atoms with Gasteiger partial charge in [-0.1, -0.05) is 73.7 Å². The second kappa shape index (κ2) is 11.3. The number of anilines is 2. The average Bonchev–Trinajstić information content (AvgIpc) is 3.31. The van der Waals surface area contributed by atoms with Crippen LogP contribution >= 0.6 is 0 Å². The monoisotopic (exact) mass is 543 g/mol. The Kier molecular flexibility index (Phi) is 7.60. The van der Waals surface area contributed by atoms with E-state index >= 15 is 0 Å². The molecule has 1 N–H and O–H groups in total. The van der Waals surface area contributed by atoms with Gasteiger partial charge in [-0.05, 0) is 47.4 Å². The van der Waals surface area contributed by atoms with E-state index < -0.39 is 11.7 Å². The maximum atomic E-state index is 13.9. The van der Waals surface area contributed by atoms with Gasteiger partial charge in [-0.2, -0.15) is 18.3 Å². The van der Waals surface area contributed by atoms with Crippen molar-refractivity contribution in [3.8, 4) is 11.3 Å². The number of hydrogen-bond acceptors (Lipinski definition) is 4. The largest absolute Gasteiger partial charge is 0.469 e. The minimum absolute atomic E-state index is 0.0181. The number of fused-ring (bicyclic) bond motifs is 1. The molecule has 1 unspecified atom stereocenters. The fourth-order valence-electron chi connectivity index (χ4n) is 4.81. The SMILES string of the molecule is COC(=O)CC(C)c1ccc(Nc2cccc(-c3c4cccc(C(F)(F)F)c4nn3Cc3ccccc3)c2)cc1. The molecule has 0 radical (unpaired) electrons. The van der Waals surface area contributed by atoms with Crippen molar-refractivity contribution >= 4 is 28.2 Å². The molecule has 0 aliphatic rings. The lowest BCUT2D eigenvalue weighted by Gasteiger charge is -2.13. The van der Waals surface area contributed by atoms with Crippen molar-refractivity contribution in [1.82, 2.24) is 9.78 Å². The average molecular weight is 544 g/mol. The molecule has 40 heavy (non-hydrogen) atoms. The summed E-state index contributed by atoms with van der Waals surface area (Å²) in [4.78, 5) is 11.6. The molecule has 5 aromatic rings. The highest BCUT2D eigenvalue weighted by atomic mass is 19.4. The third-order valence-corrected chi connectivity index (χ3v) is 6.86. The van der Waals surface area contributed by atoms with Crippen LogP contribution in [0.15, 0.2) is 97.1 Å². The Labute approximate surface area is 230 Å². The van der Waals surface area contributed by atoms with E-state index in [-0.39, 0.29) is 17.4 Å². The van der Waals surface area contributed by atoms with Crippen LogP contribution in [0.1, 0.15) is 36.0 Å². The number of carbonyl (C=O) groups is 1. The van der Waals surface area contributed by atoms with Gasteiger partial charge < -0.3 is 10.1 Å². The maximum absolute atomic E-state index is 13.9. The van der Waals surface area contributed by atoms with Crippen LogP contribution in [0.2, 0.25) is 0 Å². The molecule has 0 fully saturated rings. The van der Waals surface area contributed by atoms with Crippen molar-refractivity contribution in [2.24, 2.45) is 0 Å². The first kappa shape index (κ1) is 27.0. The van der Waals surface area contributed by atoms with Crippen LogP contribution in [0.3, 0.4) is 0 Å². The van der Waals surface area contributed by atoms with Gasteiger partial charge in [0.25, 0.3) is 0 Å². The summed E-state index contributed by atoms with van der Waals surface area (Å²) in [5.74, 6) is -0.238. The maximum Gasteiger partial charge on any atom is 0.418 e. The zero-order chi connectivity index (χ0) is 28.3. The van der Waals surface area contributed by atoms with Crippen LogP contribution in [0.25, 0.3) is 22.2 Å². The molecule has 8 heteroatoms. The first-order valence-electron chi connectivity index (χ1n) is 12.9. The highest BCUT2D eigenvalue weighted by molar-refractivity contribution is 5.96. The van der Waals surface area contributed by atoms with Gasteiger partial charge in [-0.3, -0.25) is 9.48 Å². The lowest BCUT2D eigenvalue weighted by atomic mass is 9.97. The van der Waals surface area contributed by atoms with Gasteiger partial charge >= 0.3 is 12.1 Å². The van der Waals surface area contributed by atoms with Crippen LogP contribution in [0, 0.1) is 0 Å². The predicted molar refractivity (Wildman–Crippen MR) is 150 cm³/mol. The Hall–Kier alpha value is -4.59. The van der Waals surface area contributed by atoms with Crippen molar-refractivity contribution < 1.29 is 22.7 Å². The molecular weight excluding hydrogens is 515 g/mol. The smallest absolute Gasteiger partial charge is 0.418 e. The van der Waals surface area contributed by atoms with E-state index in [4.69, 9.17) is 4.74 Å². The van der Waals surface area contributed by atoms with E-state index in [0.29, 0.717) is 24.0 Å². The minimum Gasteiger partial charge on any atom is -0.469 e. The molecule has 0 saturated heterocycles. The third-order valence-electron chi connectivity index (χ3n) is 6.86. The lowest BCUT2D eigenvalue weighted by molar-refractivity contribution is -0.141. The minimum atomic E-state index is -4.52. The summed E-state index contributed by atoms with van der Waals surface area (Å²) in [5, 5.41) is 8.27. The number of nitrogens with zero attached hydrogens (tertiary/aromatic N) is 2. The van der Waals surface area contributed by atoms with Crippen LogP contribution in [-0.2, 0) is 22.3 Å². The molecule has 4 aromatic carbocycles. The summed E-state index contributed by atoms with van der Waals surface area (Å²) < 4.78 is 48.0. The molecule has 5 nitrogen and oxygen atoms in total. The Balaban J connectivity index is 1.50. The molecule has 0 spiro atoms. The first-order valence-corrected chi connectivity index (χ1v) is 12.9. The fourth-order valence-corrected chi connectivity index (χ4v) is 4.81. The number of methoxy groups -OCH3 is 1. The van der Waals surface area contributed by atoms with E-state index in [9.17, 15) is 18.0 Å². The highest BCUT2D eigenvalue weighted by Crippen LogP contribution is 2.38. The zero-order valence-electron chi connectivity index (χ0n) is 22.1. The van der Waals surface area contributed by atoms with Gasteiger partial charge in [0.05, 0.1) is 31.3 Å². The third kappa shape index (κ3) is 5.86. The standard InChI is InChI=1S/C32H28F3N3O2/c1-21(18-29(39)40-2)23-14-16-25(17-15-23)36-26-11-6-10-24(19-26)31-27-12-7-13-28(32(33,34)35)30(27)37-38(31)20-22-8-4-3-5-9-22/h3-17,19,21,36H,18,20H2,1-2H3. The van der Waals surface area contributed by atoms with Gasteiger partial charge in [0.2, 0.25) is 0 Å². The normalized spacial score (nSPS) is 12.3. The molecule has 0 aliphatic heterocycles. The molecule has 1 aromatic heterocycles. The number of nitrogens with one attached hydrogen (secondary N) is 1. The van der Waals surface area contributed by atoms with Gasteiger partial charge in [-0.15, -0.1) is 0 Å². The number of hydrogen-bond donors (Lipinski definition) is 1. The number of carbonyl (C=O) groups excluding carboxylic acids is 1. The number of aromatic nitrogens is 2. The van der Waals surface area contributed by atoms with Crippen LogP contribution < -0.4 is 5.32 Å². The van der Waals surface area contributed by atoms with Crippen LogP contribution in [-0.4, -0.2) is 22.9 Å². The summed E-state index contributed by atoms with van der Waals surface area (Å²) in [6.07, 6.45) is -4.22. The van der Waals surface area contributed by atoms with Crippen molar-refractivity contribution in [1.29, 1.82) is 0 Å². The van der Waals surface area contributed by atoms with E-state index in [0.717, 1.165) is 34.1 Å². The van der Waals surface area contributed by atoms with Gasteiger partial charge in [0.15, 0.2) is 0 Å². The van der Waals surface area contributed by atoms with E-state index in [1.807, 2.05) is 85.8 Å². The topological polar surface area (TPSA) is 56.1 Å². The summed E-state index contributed by atoms with van der Waals surface area (Å²) in [6.45, 7) is 2.29. The molecule has 204 valence electrons. The van der Waals surface area contributed by atoms with Gasteiger partial charge in [0, 0.05) is 22.3 Å². The predicted octanol–water partition coefficient (Wildman–Crippen LogP) is 8.18. The Bertz CT molecular complexity index is 1630. The molecule has 0 aliphatic carbocycles. The van der Waals surface area contributed by atoms with E-state index in [1.165, 1.54) is 13.2 Å². The molecule has 0 saturated carbocycles. The second-order valence-corrected chi connectivity index (χ2v) is 9.70. The van der Waals surface area contributed by atoms with E-state index in [2.05, 4.69) is 10.4 Å². The molecular formula is C32H28F3N3O2. The number of benzene rings is 4. The van der Waals surface area contributed by atoms with Crippen molar-refractivity contribution in [2.75, 3.05) is 12.4 Å². The molecule has 1 heterocycles. The fraction of sp³-hybridized carbons (Fsp3) is 0.188. The summed E-state index contributed by atoms with van der Waals surface area (Å²) in [6, 6.07) is 29.0. The van der Waals surface area contributed by atoms with Crippen molar-refractivity contribution in [3.05, 3.63) is 114 Å². The Morgan fingerprint density at radius 2 is 1.65 bits per heavy atom. The van der Waals surface area contributed by atoms with E-state index in [1.54, 1.807) is 10.7 Å². The molecule has 0 bridgehead atoms. The highest BCUT2D eigenvalue weighted by Gasteiger charge is 2.34. The number of halogens is 3. The van der Waals surface area contributed by atoms with Crippen LogP contribution in [0.4, 0.5) is 24.5 Å². The molecule has 1 atom stereocenters. The molecule has 0 amide bonds. The Morgan fingerprint density at radius 1 is 0.925 bits per heavy atom. The Morgan fingerprint density at radius 3 is 2.35 bits per heavy atom. The van der Waals surface area contributed by atoms with Crippen molar-refractivity contribution in [2.45, 2.75) is 32.0 Å². The lowest BCUT2D eigenvalue weighted by Crippen LogP contribution is -2.06. The quantitative estimate of drug-likeness (QED) is 0.201. The summed E-state index contributed by atoms with van der Waals surface area (Å²) in [7, 11) is 1.38. The number of esters is 1. The summed E-state index contributed by atoms with van der Waals surface area (Å²) >= 11 is 0. The number of alkyl halides is 3. The second-order valence-electron chi connectivity index (χ2n) is 9.70. The molecule has 5 rings (SSSR count).